The van der Waals surface area contributed by atoms with Crippen LogP contribution < -0.4 is 5.32 Å². The number of halogens is 3. The number of hydrogen-bond acceptors (Lipinski definition) is 2. The lowest BCUT2D eigenvalue weighted by Gasteiger charge is -2.17. The highest BCUT2D eigenvalue weighted by Gasteiger charge is 2.19. The standard InChI is InChI=1S/C12H10Br2ClNS/c1-16-11(12-9(14)4-5-17-12)8-6-7(13)2-3-10(8)15/h2-6,11,16H,1H3. The summed E-state index contributed by atoms with van der Waals surface area (Å²) in [6.07, 6.45) is 0. The fraction of sp³-hybridized carbons (Fsp3) is 0.167. The van der Waals surface area contributed by atoms with E-state index in [1.54, 1.807) is 11.3 Å². The van der Waals surface area contributed by atoms with E-state index in [1.807, 2.05) is 19.2 Å². The first-order chi connectivity index (χ1) is 8.13. The Morgan fingerprint density at radius 2 is 2.06 bits per heavy atom. The Hall–Kier alpha value is 0.130. The summed E-state index contributed by atoms with van der Waals surface area (Å²) in [7, 11) is 1.94. The van der Waals surface area contributed by atoms with Crippen LogP contribution in [0.3, 0.4) is 0 Å². The van der Waals surface area contributed by atoms with Crippen molar-refractivity contribution >= 4 is 54.8 Å². The summed E-state index contributed by atoms with van der Waals surface area (Å²) < 4.78 is 2.14. The molecule has 1 heterocycles. The normalized spacial score (nSPS) is 12.7. The highest BCUT2D eigenvalue weighted by atomic mass is 79.9. The predicted octanol–water partition coefficient (Wildman–Crippen LogP) is 5.24. The van der Waals surface area contributed by atoms with Gasteiger partial charge in [-0.25, -0.2) is 0 Å². The van der Waals surface area contributed by atoms with E-state index in [0.29, 0.717) is 0 Å². The molecule has 0 saturated carbocycles. The molecule has 1 aromatic carbocycles. The van der Waals surface area contributed by atoms with Crippen LogP contribution in [0.4, 0.5) is 0 Å². The molecular weight excluding hydrogens is 385 g/mol. The molecule has 0 fully saturated rings. The number of hydrogen-bond donors (Lipinski definition) is 1. The number of thiophene rings is 1. The van der Waals surface area contributed by atoms with E-state index in [-0.39, 0.29) is 6.04 Å². The summed E-state index contributed by atoms with van der Waals surface area (Å²) in [6.45, 7) is 0. The summed E-state index contributed by atoms with van der Waals surface area (Å²) in [6, 6.07) is 8.06. The van der Waals surface area contributed by atoms with E-state index in [9.17, 15) is 0 Å². The second-order valence-corrected chi connectivity index (χ2v) is 6.65. The first-order valence-electron chi connectivity index (χ1n) is 4.98. The lowest BCUT2D eigenvalue weighted by molar-refractivity contribution is 0.701. The van der Waals surface area contributed by atoms with Crippen molar-refractivity contribution in [3.05, 3.63) is 54.1 Å². The third-order valence-corrected chi connectivity index (χ3v) is 5.24. The minimum Gasteiger partial charge on any atom is -0.309 e. The maximum absolute atomic E-state index is 6.27. The molecule has 0 radical (unpaired) electrons. The summed E-state index contributed by atoms with van der Waals surface area (Å²) >= 11 is 15.0. The van der Waals surface area contributed by atoms with Gasteiger partial charge in [0.25, 0.3) is 0 Å². The quantitative estimate of drug-likeness (QED) is 0.750. The van der Waals surface area contributed by atoms with Crippen LogP contribution in [0.5, 0.6) is 0 Å². The molecule has 0 aliphatic carbocycles. The van der Waals surface area contributed by atoms with Gasteiger partial charge in [0.15, 0.2) is 0 Å². The van der Waals surface area contributed by atoms with Gasteiger partial charge in [-0.3, -0.25) is 0 Å². The van der Waals surface area contributed by atoms with Crippen molar-refractivity contribution in [2.45, 2.75) is 6.04 Å². The van der Waals surface area contributed by atoms with Crippen LogP contribution in [0.1, 0.15) is 16.5 Å². The molecular formula is C12H10Br2ClNS. The molecule has 0 aliphatic heterocycles. The average Bonchev–Trinajstić information content (AvgIpc) is 2.71. The minimum absolute atomic E-state index is 0.106. The third kappa shape index (κ3) is 2.93. The highest BCUT2D eigenvalue weighted by molar-refractivity contribution is 9.10. The molecule has 1 aromatic heterocycles. The molecule has 2 rings (SSSR count). The largest absolute Gasteiger partial charge is 0.309 e. The van der Waals surface area contributed by atoms with E-state index in [2.05, 4.69) is 54.7 Å². The first-order valence-corrected chi connectivity index (χ1v) is 7.83. The number of nitrogens with one attached hydrogen (secondary N) is 1. The third-order valence-electron chi connectivity index (χ3n) is 2.46. The highest BCUT2D eigenvalue weighted by Crippen LogP contribution is 2.36. The Bertz CT molecular complexity index is 527. The molecule has 17 heavy (non-hydrogen) atoms. The van der Waals surface area contributed by atoms with Crippen LogP contribution in [0.2, 0.25) is 5.02 Å². The minimum atomic E-state index is 0.106. The Labute approximate surface area is 126 Å². The van der Waals surface area contributed by atoms with E-state index < -0.39 is 0 Å². The predicted molar refractivity (Wildman–Crippen MR) is 82.1 cm³/mol. The van der Waals surface area contributed by atoms with Crippen LogP contribution in [0.15, 0.2) is 38.6 Å². The molecule has 5 heteroatoms. The molecule has 1 nitrogen and oxygen atoms in total. The van der Waals surface area contributed by atoms with Crippen molar-refractivity contribution in [2.24, 2.45) is 0 Å². The monoisotopic (exact) mass is 393 g/mol. The molecule has 0 spiro atoms. The van der Waals surface area contributed by atoms with E-state index in [1.165, 1.54) is 4.88 Å². The van der Waals surface area contributed by atoms with Crippen molar-refractivity contribution in [2.75, 3.05) is 7.05 Å². The summed E-state index contributed by atoms with van der Waals surface area (Å²) in [5, 5.41) is 6.14. The molecule has 1 N–H and O–H groups in total. The Balaban J connectivity index is 2.49. The lowest BCUT2D eigenvalue weighted by atomic mass is 10.1. The van der Waals surface area contributed by atoms with Gasteiger partial charge in [0.05, 0.1) is 6.04 Å². The SMILES string of the molecule is CNC(c1cc(Br)ccc1Cl)c1sccc1Br. The van der Waals surface area contributed by atoms with Crippen LogP contribution in [-0.4, -0.2) is 7.05 Å². The molecule has 0 amide bonds. The summed E-state index contributed by atoms with van der Waals surface area (Å²) in [4.78, 5) is 1.23. The van der Waals surface area contributed by atoms with Crippen molar-refractivity contribution in [3.63, 3.8) is 0 Å². The molecule has 1 unspecified atom stereocenters. The van der Waals surface area contributed by atoms with E-state index in [4.69, 9.17) is 11.6 Å². The van der Waals surface area contributed by atoms with Gasteiger partial charge in [-0.05, 0) is 58.2 Å². The van der Waals surface area contributed by atoms with Gasteiger partial charge in [0.2, 0.25) is 0 Å². The second kappa shape index (κ2) is 5.85. The summed E-state index contributed by atoms with van der Waals surface area (Å²) in [5.41, 5.74) is 1.08. The zero-order chi connectivity index (χ0) is 12.4. The van der Waals surface area contributed by atoms with Gasteiger partial charge in [-0.15, -0.1) is 11.3 Å². The van der Waals surface area contributed by atoms with E-state index >= 15 is 0 Å². The molecule has 90 valence electrons. The fourth-order valence-corrected chi connectivity index (χ4v) is 4.01. The van der Waals surface area contributed by atoms with Crippen molar-refractivity contribution in [1.29, 1.82) is 0 Å². The van der Waals surface area contributed by atoms with Gasteiger partial charge in [0.1, 0.15) is 0 Å². The molecule has 2 aromatic rings. The lowest BCUT2D eigenvalue weighted by Crippen LogP contribution is -2.17. The van der Waals surface area contributed by atoms with Crippen LogP contribution >= 0.6 is 54.8 Å². The van der Waals surface area contributed by atoms with Crippen molar-refractivity contribution in [3.8, 4) is 0 Å². The van der Waals surface area contributed by atoms with Crippen LogP contribution in [0, 0.1) is 0 Å². The van der Waals surface area contributed by atoms with E-state index in [0.717, 1.165) is 19.5 Å². The van der Waals surface area contributed by atoms with Gasteiger partial charge < -0.3 is 5.32 Å². The maximum atomic E-state index is 6.27. The van der Waals surface area contributed by atoms with Gasteiger partial charge >= 0.3 is 0 Å². The molecule has 0 saturated heterocycles. The van der Waals surface area contributed by atoms with Crippen LogP contribution in [-0.2, 0) is 0 Å². The van der Waals surface area contributed by atoms with Gasteiger partial charge in [0, 0.05) is 18.8 Å². The Morgan fingerprint density at radius 1 is 1.29 bits per heavy atom. The van der Waals surface area contributed by atoms with Gasteiger partial charge in [-0.1, -0.05) is 27.5 Å². The zero-order valence-corrected chi connectivity index (χ0v) is 13.8. The molecule has 0 bridgehead atoms. The Kier molecular flexibility index (Phi) is 4.66. The smallest absolute Gasteiger partial charge is 0.0695 e. The topological polar surface area (TPSA) is 12.0 Å². The first kappa shape index (κ1) is 13.6. The zero-order valence-electron chi connectivity index (χ0n) is 9.01. The average molecular weight is 396 g/mol. The summed E-state index contributed by atoms with van der Waals surface area (Å²) in [5.74, 6) is 0. The van der Waals surface area contributed by atoms with Gasteiger partial charge in [-0.2, -0.15) is 0 Å². The number of rotatable bonds is 3. The maximum Gasteiger partial charge on any atom is 0.0695 e. The molecule has 0 aliphatic rings. The Morgan fingerprint density at radius 3 is 2.65 bits per heavy atom. The molecule has 1 atom stereocenters. The van der Waals surface area contributed by atoms with Crippen LogP contribution in [0.25, 0.3) is 0 Å². The second-order valence-electron chi connectivity index (χ2n) is 3.52. The number of benzene rings is 1. The fourth-order valence-electron chi connectivity index (χ4n) is 1.68. The van der Waals surface area contributed by atoms with Crippen molar-refractivity contribution < 1.29 is 0 Å². The van der Waals surface area contributed by atoms with Crippen molar-refractivity contribution in [1.82, 2.24) is 5.32 Å².